The summed E-state index contributed by atoms with van der Waals surface area (Å²) in [6.45, 7) is 6.91. The van der Waals surface area contributed by atoms with E-state index in [1.807, 2.05) is 34.1 Å². The number of piperidine rings is 1. The molecule has 0 aliphatic carbocycles. The number of para-hydroxylation sites is 1. The van der Waals surface area contributed by atoms with E-state index < -0.39 is 0 Å². The maximum absolute atomic E-state index is 13.3. The molecule has 2 atom stereocenters. The number of hydrogen-bond donors (Lipinski definition) is 0. The van der Waals surface area contributed by atoms with Crippen LogP contribution in [0.25, 0.3) is 0 Å². The third-order valence-electron chi connectivity index (χ3n) is 5.78. The van der Waals surface area contributed by atoms with Crippen molar-refractivity contribution in [3.05, 3.63) is 29.8 Å². The lowest BCUT2D eigenvalue weighted by Crippen LogP contribution is -2.42. The molecule has 0 radical (unpaired) electrons. The molecule has 148 valence electrons. The van der Waals surface area contributed by atoms with Crippen LogP contribution in [0.2, 0.25) is 0 Å². The minimum atomic E-state index is -0.185. The lowest BCUT2D eigenvalue weighted by molar-refractivity contribution is -0.137. The molecule has 0 bridgehead atoms. The van der Waals surface area contributed by atoms with E-state index >= 15 is 0 Å². The van der Waals surface area contributed by atoms with Gasteiger partial charge in [-0.1, -0.05) is 32.0 Å². The number of rotatable bonds is 5. The van der Waals surface area contributed by atoms with Gasteiger partial charge in [0.25, 0.3) is 0 Å². The van der Waals surface area contributed by atoms with Crippen LogP contribution in [0.5, 0.6) is 5.75 Å². The molecule has 2 unspecified atom stereocenters. The van der Waals surface area contributed by atoms with Gasteiger partial charge < -0.3 is 14.5 Å². The summed E-state index contributed by atoms with van der Waals surface area (Å²) in [5.74, 6) is 1.28. The van der Waals surface area contributed by atoms with Crippen molar-refractivity contribution < 1.29 is 14.3 Å². The van der Waals surface area contributed by atoms with Gasteiger partial charge in [-0.15, -0.1) is 0 Å². The summed E-state index contributed by atoms with van der Waals surface area (Å²) in [5, 5.41) is 0. The molecular weight excluding hydrogens is 340 g/mol. The van der Waals surface area contributed by atoms with Crippen molar-refractivity contribution in [2.75, 3.05) is 33.3 Å². The molecule has 2 heterocycles. The SMILES string of the molecule is COc1ccccc1C1CN(C(=O)CC(C)C)CC1C(=O)N1CCCCC1. The summed E-state index contributed by atoms with van der Waals surface area (Å²) in [5.41, 5.74) is 1.04. The summed E-state index contributed by atoms with van der Waals surface area (Å²) in [4.78, 5) is 29.9. The molecule has 2 fully saturated rings. The molecule has 3 rings (SSSR count). The van der Waals surface area contributed by atoms with Crippen molar-refractivity contribution in [1.29, 1.82) is 0 Å². The molecule has 2 aliphatic heterocycles. The van der Waals surface area contributed by atoms with E-state index in [0.717, 1.165) is 37.2 Å². The van der Waals surface area contributed by atoms with Gasteiger partial charge in [0, 0.05) is 38.5 Å². The molecular formula is C22H32N2O3. The Morgan fingerprint density at radius 1 is 1.07 bits per heavy atom. The van der Waals surface area contributed by atoms with Gasteiger partial charge in [0.2, 0.25) is 11.8 Å². The van der Waals surface area contributed by atoms with Crippen LogP contribution in [0.4, 0.5) is 0 Å². The van der Waals surface area contributed by atoms with Gasteiger partial charge in [-0.05, 0) is 36.8 Å². The summed E-state index contributed by atoms with van der Waals surface area (Å²) in [6.07, 6.45) is 3.88. The van der Waals surface area contributed by atoms with Crippen molar-refractivity contribution in [3.63, 3.8) is 0 Å². The third kappa shape index (κ3) is 4.45. The van der Waals surface area contributed by atoms with E-state index in [4.69, 9.17) is 4.74 Å². The van der Waals surface area contributed by atoms with Gasteiger partial charge in [-0.3, -0.25) is 9.59 Å². The molecule has 2 amide bonds. The first-order chi connectivity index (χ1) is 13.0. The first kappa shape index (κ1) is 19.7. The number of carbonyl (C=O) groups excluding carboxylic acids is 2. The second kappa shape index (κ2) is 8.77. The number of hydrogen-bond acceptors (Lipinski definition) is 3. The number of methoxy groups -OCH3 is 1. The smallest absolute Gasteiger partial charge is 0.228 e. The molecule has 0 N–H and O–H groups in total. The number of likely N-dealkylation sites (tertiary alicyclic amines) is 2. The standard InChI is InChI=1S/C22H32N2O3/c1-16(2)13-21(25)24-14-18(17-9-5-6-10-20(17)27-3)19(15-24)22(26)23-11-7-4-8-12-23/h5-6,9-10,16,18-19H,4,7-8,11-15H2,1-3H3. The maximum Gasteiger partial charge on any atom is 0.228 e. The normalized spacial score (nSPS) is 23.0. The molecule has 5 nitrogen and oxygen atoms in total. The Kier molecular flexibility index (Phi) is 6.40. The van der Waals surface area contributed by atoms with Crippen molar-refractivity contribution >= 4 is 11.8 Å². The van der Waals surface area contributed by atoms with Crippen LogP contribution < -0.4 is 4.74 Å². The van der Waals surface area contributed by atoms with Gasteiger partial charge in [-0.2, -0.15) is 0 Å². The highest BCUT2D eigenvalue weighted by Gasteiger charge is 2.43. The fourth-order valence-electron chi connectivity index (χ4n) is 4.37. The van der Waals surface area contributed by atoms with Gasteiger partial charge in [0.1, 0.15) is 5.75 Å². The lowest BCUT2D eigenvalue weighted by Gasteiger charge is -2.31. The molecule has 5 heteroatoms. The quantitative estimate of drug-likeness (QED) is 0.797. The molecule has 2 saturated heterocycles. The largest absolute Gasteiger partial charge is 0.496 e. The second-order valence-electron chi connectivity index (χ2n) is 8.24. The van der Waals surface area contributed by atoms with Gasteiger partial charge >= 0.3 is 0 Å². The Morgan fingerprint density at radius 3 is 2.44 bits per heavy atom. The Labute approximate surface area is 162 Å². The van der Waals surface area contributed by atoms with Gasteiger partial charge in [0.05, 0.1) is 13.0 Å². The number of carbonyl (C=O) groups is 2. The Bertz CT molecular complexity index is 667. The Balaban J connectivity index is 1.86. The average molecular weight is 373 g/mol. The van der Waals surface area contributed by atoms with Crippen LogP contribution >= 0.6 is 0 Å². The van der Waals surface area contributed by atoms with Crippen LogP contribution in [0.15, 0.2) is 24.3 Å². The highest BCUT2D eigenvalue weighted by molar-refractivity contribution is 5.83. The predicted octanol–water partition coefficient (Wildman–Crippen LogP) is 3.30. The third-order valence-corrected chi connectivity index (χ3v) is 5.78. The summed E-state index contributed by atoms with van der Waals surface area (Å²) >= 11 is 0. The van der Waals surface area contributed by atoms with Crippen LogP contribution in [0.3, 0.4) is 0 Å². The molecule has 0 spiro atoms. The van der Waals surface area contributed by atoms with E-state index in [9.17, 15) is 9.59 Å². The van der Waals surface area contributed by atoms with Crippen molar-refractivity contribution in [2.24, 2.45) is 11.8 Å². The predicted molar refractivity (Wildman–Crippen MR) is 106 cm³/mol. The second-order valence-corrected chi connectivity index (χ2v) is 8.24. The van der Waals surface area contributed by atoms with Crippen molar-refractivity contribution in [1.82, 2.24) is 9.80 Å². The van der Waals surface area contributed by atoms with E-state index in [1.54, 1.807) is 7.11 Å². The zero-order chi connectivity index (χ0) is 19.4. The zero-order valence-corrected chi connectivity index (χ0v) is 16.8. The summed E-state index contributed by atoms with van der Waals surface area (Å²) < 4.78 is 5.56. The number of ether oxygens (including phenoxy) is 1. The maximum atomic E-state index is 13.3. The molecule has 0 saturated carbocycles. The summed E-state index contributed by atoms with van der Waals surface area (Å²) in [6, 6.07) is 7.91. The van der Waals surface area contributed by atoms with E-state index in [2.05, 4.69) is 13.8 Å². The van der Waals surface area contributed by atoms with Crippen LogP contribution in [-0.2, 0) is 9.59 Å². The topological polar surface area (TPSA) is 49.9 Å². The minimum absolute atomic E-state index is 0.00770. The highest BCUT2D eigenvalue weighted by Crippen LogP contribution is 2.39. The Hall–Kier alpha value is -2.04. The van der Waals surface area contributed by atoms with E-state index in [-0.39, 0.29) is 23.7 Å². The van der Waals surface area contributed by atoms with Gasteiger partial charge in [-0.25, -0.2) is 0 Å². The number of nitrogens with zero attached hydrogens (tertiary/aromatic N) is 2. The van der Waals surface area contributed by atoms with Crippen LogP contribution in [0.1, 0.15) is 51.0 Å². The summed E-state index contributed by atoms with van der Waals surface area (Å²) in [7, 11) is 1.66. The number of benzene rings is 1. The zero-order valence-electron chi connectivity index (χ0n) is 16.8. The Morgan fingerprint density at radius 2 is 1.78 bits per heavy atom. The molecule has 27 heavy (non-hydrogen) atoms. The fraction of sp³-hybridized carbons (Fsp3) is 0.636. The van der Waals surface area contributed by atoms with E-state index in [0.29, 0.717) is 25.4 Å². The fourth-order valence-corrected chi connectivity index (χ4v) is 4.37. The monoisotopic (exact) mass is 372 g/mol. The molecule has 1 aromatic carbocycles. The first-order valence-electron chi connectivity index (χ1n) is 10.2. The molecule has 2 aliphatic rings. The van der Waals surface area contributed by atoms with Crippen molar-refractivity contribution in [3.8, 4) is 5.75 Å². The number of amides is 2. The molecule has 1 aromatic rings. The van der Waals surface area contributed by atoms with Crippen molar-refractivity contribution in [2.45, 2.75) is 45.4 Å². The average Bonchev–Trinajstić information content (AvgIpc) is 3.13. The van der Waals surface area contributed by atoms with Gasteiger partial charge in [0.15, 0.2) is 0 Å². The van der Waals surface area contributed by atoms with E-state index in [1.165, 1.54) is 6.42 Å². The van der Waals surface area contributed by atoms with Crippen LogP contribution in [0, 0.1) is 11.8 Å². The highest BCUT2D eigenvalue weighted by atomic mass is 16.5. The molecule has 0 aromatic heterocycles. The lowest BCUT2D eigenvalue weighted by atomic mass is 9.87. The first-order valence-corrected chi connectivity index (χ1v) is 10.2. The van der Waals surface area contributed by atoms with Crippen LogP contribution in [-0.4, -0.2) is 54.9 Å². The minimum Gasteiger partial charge on any atom is -0.496 e.